The van der Waals surface area contributed by atoms with Gasteiger partial charge in [-0.15, -0.1) is 0 Å². The smallest absolute Gasteiger partial charge is 0.336 e. The number of carbonyl (C=O) groups is 2. The van der Waals surface area contributed by atoms with E-state index in [0.29, 0.717) is 17.0 Å². The van der Waals surface area contributed by atoms with Crippen molar-refractivity contribution in [2.24, 2.45) is 0 Å². The molecule has 0 saturated carbocycles. The molecule has 0 bridgehead atoms. The van der Waals surface area contributed by atoms with Gasteiger partial charge in [0, 0.05) is 27.9 Å². The number of esters is 2. The zero-order valence-corrected chi connectivity index (χ0v) is 16.9. The summed E-state index contributed by atoms with van der Waals surface area (Å²) >= 11 is 0. The third-order valence-electron chi connectivity index (χ3n) is 5.33. The van der Waals surface area contributed by atoms with E-state index in [9.17, 15) is 14.4 Å². The Balaban J connectivity index is 2.03. The number of carbonyl (C=O) groups excluding carboxylic acids is 2. The molecule has 2 aromatic heterocycles. The fourth-order valence-corrected chi connectivity index (χ4v) is 3.98. The van der Waals surface area contributed by atoms with E-state index in [-0.39, 0.29) is 27.7 Å². The summed E-state index contributed by atoms with van der Waals surface area (Å²) in [5, 5.41) is 3.77. The van der Waals surface area contributed by atoms with Gasteiger partial charge in [0.1, 0.15) is 5.52 Å². The third-order valence-corrected chi connectivity index (χ3v) is 5.33. The lowest BCUT2D eigenvalue weighted by molar-refractivity contribution is -0.137. The molecule has 2 N–H and O–H groups in total. The number of hydrogen-bond donors (Lipinski definition) is 2. The SMILES string of the molecule is COC(=O)C1=C(C)NC(C)=C(C(=O)OC)C1c1coc2c([nH]c3ccccc32)c1=O. The minimum atomic E-state index is -1.00. The molecular weight excluding hydrogens is 388 g/mol. The standard InChI is InChI=1S/C22H20N2O6/c1-10-15(21(26)28-3)17(16(11(2)23-10)22(27)29-4)13-9-30-20-12-7-5-6-8-14(12)24-18(20)19(13)25/h5-9,17,23-24H,1-4H3. The number of methoxy groups -OCH3 is 2. The number of fused-ring (bicyclic) bond motifs is 3. The largest absolute Gasteiger partial charge is 0.466 e. The minimum Gasteiger partial charge on any atom is -0.466 e. The zero-order valence-electron chi connectivity index (χ0n) is 16.9. The first-order chi connectivity index (χ1) is 14.4. The van der Waals surface area contributed by atoms with Crippen molar-refractivity contribution < 1.29 is 23.5 Å². The Morgan fingerprint density at radius 2 is 1.60 bits per heavy atom. The van der Waals surface area contributed by atoms with E-state index in [1.165, 1.54) is 20.5 Å². The number of benzene rings is 1. The summed E-state index contributed by atoms with van der Waals surface area (Å²) in [5.74, 6) is -2.32. The molecule has 0 fully saturated rings. The molecule has 8 nitrogen and oxygen atoms in total. The van der Waals surface area contributed by atoms with E-state index < -0.39 is 17.9 Å². The lowest BCUT2D eigenvalue weighted by Crippen LogP contribution is -2.34. The van der Waals surface area contributed by atoms with Gasteiger partial charge in [-0.2, -0.15) is 0 Å². The van der Waals surface area contributed by atoms with Gasteiger partial charge < -0.3 is 24.2 Å². The molecule has 1 aliphatic heterocycles. The van der Waals surface area contributed by atoms with Crippen LogP contribution in [-0.2, 0) is 19.1 Å². The molecule has 0 aliphatic carbocycles. The van der Waals surface area contributed by atoms with Gasteiger partial charge in [-0.25, -0.2) is 9.59 Å². The van der Waals surface area contributed by atoms with Crippen LogP contribution in [0.2, 0.25) is 0 Å². The Kier molecular flexibility index (Phi) is 4.69. The number of nitrogens with one attached hydrogen (secondary N) is 2. The van der Waals surface area contributed by atoms with E-state index >= 15 is 0 Å². The molecule has 1 aromatic carbocycles. The fraction of sp³-hybridized carbons (Fsp3) is 0.227. The molecule has 0 atom stereocenters. The predicted octanol–water partition coefficient (Wildman–Crippen LogP) is 2.86. The lowest BCUT2D eigenvalue weighted by Gasteiger charge is -2.29. The van der Waals surface area contributed by atoms with Crippen molar-refractivity contribution in [1.29, 1.82) is 0 Å². The van der Waals surface area contributed by atoms with Crippen molar-refractivity contribution in [2.45, 2.75) is 19.8 Å². The summed E-state index contributed by atoms with van der Waals surface area (Å²) in [5.41, 5.74) is 2.43. The van der Waals surface area contributed by atoms with Crippen molar-refractivity contribution in [3.63, 3.8) is 0 Å². The molecule has 1 aliphatic rings. The highest BCUT2D eigenvalue weighted by atomic mass is 16.5. The quantitative estimate of drug-likeness (QED) is 0.641. The Morgan fingerprint density at radius 3 is 2.20 bits per heavy atom. The second-order valence-corrected chi connectivity index (χ2v) is 7.01. The van der Waals surface area contributed by atoms with Gasteiger partial charge in [0.05, 0.1) is 37.5 Å². The second kappa shape index (κ2) is 7.22. The molecule has 3 aromatic rings. The number of hydrogen-bond acceptors (Lipinski definition) is 7. The van der Waals surface area contributed by atoms with Crippen LogP contribution < -0.4 is 10.7 Å². The number of H-pyrrole nitrogens is 1. The van der Waals surface area contributed by atoms with Crippen molar-refractivity contribution in [3.8, 4) is 0 Å². The van der Waals surface area contributed by atoms with Crippen molar-refractivity contribution in [3.05, 3.63) is 68.9 Å². The molecule has 3 heterocycles. The normalized spacial score (nSPS) is 14.9. The average Bonchev–Trinajstić information content (AvgIpc) is 3.12. The molecular formula is C22H20N2O6. The Morgan fingerprint density at radius 1 is 1.00 bits per heavy atom. The number of allylic oxidation sites excluding steroid dienone is 2. The molecule has 0 amide bonds. The monoisotopic (exact) mass is 408 g/mol. The molecule has 154 valence electrons. The molecule has 0 radical (unpaired) electrons. The second-order valence-electron chi connectivity index (χ2n) is 7.01. The summed E-state index contributed by atoms with van der Waals surface area (Å²) in [4.78, 5) is 41.7. The molecule has 4 rings (SSSR count). The van der Waals surface area contributed by atoms with E-state index in [2.05, 4.69) is 10.3 Å². The highest BCUT2D eigenvalue weighted by molar-refractivity contribution is 6.04. The third kappa shape index (κ3) is 2.80. The maximum Gasteiger partial charge on any atom is 0.336 e. The molecule has 0 saturated heterocycles. The number of ether oxygens (including phenoxy) is 2. The maximum atomic E-state index is 13.5. The van der Waals surface area contributed by atoms with Crippen molar-refractivity contribution in [2.75, 3.05) is 14.2 Å². The Labute approximate surface area is 171 Å². The first kappa shape index (κ1) is 19.5. The Bertz CT molecular complexity index is 1290. The van der Waals surface area contributed by atoms with Crippen LogP contribution in [0.15, 0.2) is 62.3 Å². The van der Waals surface area contributed by atoms with Gasteiger partial charge in [0.25, 0.3) is 0 Å². The topological polar surface area (TPSA) is 111 Å². The number of aromatic amines is 1. The van der Waals surface area contributed by atoms with Crippen LogP contribution >= 0.6 is 0 Å². The average molecular weight is 408 g/mol. The minimum absolute atomic E-state index is 0.134. The van der Waals surface area contributed by atoms with Crippen LogP contribution in [0.3, 0.4) is 0 Å². The summed E-state index contributed by atoms with van der Waals surface area (Å²) in [7, 11) is 2.48. The van der Waals surface area contributed by atoms with Crippen LogP contribution in [0.1, 0.15) is 25.3 Å². The van der Waals surface area contributed by atoms with Crippen LogP contribution in [0.5, 0.6) is 0 Å². The Hall–Kier alpha value is -3.81. The summed E-state index contributed by atoms with van der Waals surface area (Å²) in [6.07, 6.45) is 1.30. The fourth-order valence-electron chi connectivity index (χ4n) is 3.98. The van der Waals surface area contributed by atoms with E-state index in [4.69, 9.17) is 13.9 Å². The highest BCUT2D eigenvalue weighted by Gasteiger charge is 2.39. The summed E-state index contributed by atoms with van der Waals surface area (Å²) < 4.78 is 15.7. The lowest BCUT2D eigenvalue weighted by atomic mass is 9.81. The zero-order chi connectivity index (χ0) is 21.6. The summed E-state index contributed by atoms with van der Waals surface area (Å²) in [6.45, 7) is 3.36. The van der Waals surface area contributed by atoms with Gasteiger partial charge >= 0.3 is 11.9 Å². The molecule has 30 heavy (non-hydrogen) atoms. The number of dihydropyridines is 1. The van der Waals surface area contributed by atoms with Crippen LogP contribution in [-0.4, -0.2) is 31.1 Å². The van der Waals surface area contributed by atoms with Crippen molar-refractivity contribution >= 4 is 33.9 Å². The number of aromatic nitrogens is 1. The van der Waals surface area contributed by atoms with Gasteiger partial charge in [0.15, 0.2) is 5.58 Å². The van der Waals surface area contributed by atoms with Gasteiger partial charge in [-0.1, -0.05) is 12.1 Å². The first-order valence-corrected chi connectivity index (χ1v) is 9.26. The maximum absolute atomic E-state index is 13.5. The van der Waals surface area contributed by atoms with Crippen LogP contribution in [0, 0.1) is 0 Å². The van der Waals surface area contributed by atoms with E-state index in [0.717, 1.165) is 10.9 Å². The molecule has 0 spiro atoms. The molecule has 0 unspecified atom stereocenters. The number of rotatable bonds is 3. The van der Waals surface area contributed by atoms with Gasteiger partial charge in [-0.3, -0.25) is 4.79 Å². The van der Waals surface area contributed by atoms with Crippen LogP contribution in [0.4, 0.5) is 0 Å². The number of para-hydroxylation sites is 1. The first-order valence-electron chi connectivity index (χ1n) is 9.26. The van der Waals surface area contributed by atoms with E-state index in [1.807, 2.05) is 24.3 Å². The highest BCUT2D eigenvalue weighted by Crippen LogP contribution is 2.38. The van der Waals surface area contributed by atoms with Crippen LogP contribution in [0.25, 0.3) is 22.0 Å². The van der Waals surface area contributed by atoms with Gasteiger partial charge in [0.2, 0.25) is 5.43 Å². The summed E-state index contributed by atoms with van der Waals surface area (Å²) in [6, 6.07) is 7.37. The predicted molar refractivity (Wildman–Crippen MR) is 110 cm³/mol. The van der Waals surface area contributed by atoms with E-state index in [1.54, 1.807) is 13.8 Å². The van der Waals surface area contributed by atoms with Crippen molar-refractivity contribution in [1.82, 2.24) is 10.3 Å². The van der Waals surface area contributed by atoms with Gasteiger partial charge in [-0.05, 0) is 26.0 Å². The molecule has 8 heteroatoms.